The molecule has 0 fully saturated rings. The molecule has 0 saturated carbocycles. The van der Waals surface area contributed by atoms with Gasteiger partial charge in [0, 0.05) is 6.04 Å². The summed E-state index contributed by atoms with van der Waals surface area (Å²) in [7, 11) is 1.65. The molecular weight excluding hydrogens is 368 g/mol. The molecule has 3 aromatic carbocycles. The first-order chi connectivity index (χ1) is 13.7. The van der Waals surface area contributed by atoms with Crippen LogP contribution in [0.3, 0.4) is 0 Å². The van der Waals surface area contributed by atoms with E-state index in [0.29, 0.717) is 16.7 Å². The van der Waals surface area contributed by atoms with Crippen LogP contribution < -0.4 is 15.2 Å². The van der Waals surface area contributed by atoms with Crippen molar-refractivity contribution in [1.29, 1.82) is 0 Å². The predicted molar refractivity (Wildman–Crippen MR) is 114 cm³/mol. The van der Waals surface area contributed by atoms with Crippen molar-refractivity contribution in [2.24, 2.45) is 5.73 Å². The number of hydrogen-bond acceptors (Lipinski definition) is 5. The Labute approximate surface area is 168 Å². The van der Waals surface area contributed by atoms with E-state index < -0.39 is 0 Å². The van der Waals surface area contributed by atoms with Gasteiger partial charge in [-0.3, -0.25) is 0 Å². The van der Waals surface area contributed by atoms with E-state index in [9.17, 15) is 0 Å². The molecule has 28 heavy (non-hydrogen) atoms. The first-order valence-electron chi connectivity index (χ1n) is 9.24. The summed E-state index contributed by atoms with van der Waals surface area (Å²) >= 11 is 1.52. The normalized spacial score (nSPS) is 12.1. The van der Waals surface area contributed by atoms with Crippen molar-refractivity contribution in [2.75, 3.05) is 7.11 Å². The summed E-state index contributed by atoms with van der Waals surface area (Å²) in [6.07, 6.45) is 1.74. The minimum Gasteiger partial charge on any atom is -0.493 e. The number of rotatable bonds is 7. The molecule has 0 saturated heterocycles. The fourth-order valence-corrected chi connectivity index (χ4v) is 3.96. The van der Waals surface area contributed by atoms with Crippen molar-refractivity contribution < 1.29 is 9.47 Å². The van der Waals surface area contributed by atoms with Gasteiger partial charge in [-0.05, 0) is 48.2 Å². The molecule has 1 unspecified atom stereocenters. The second-order valence-corrected chi connectivity index (χ2v) is 7.58. The first kappa shape index (κ1) is 18.5. The quantitative estimate of drug-likeness (QED) is 0.438. The SMILES string of the molecule is COc1cc(CCC(N)c2ccccc2)ccc1Oc1nc2ccccc2s1. The monoisotopic (exact) mass is 390 g/mol. The van der Waals surface area contributed by atoms with E-state index >= 15 is 0 Å². The zero-order valence-electron chi connectivity index (χ0n) is 15.7. The average Bonchev–Trinajstić information content (AvgIpc) is 3.15. The number of para-hydroxylation sites is 1. The number of benzene rings is 3. The van der Waals surface area contributed by atoms with Crippen molar-refractivity contribution in [2.45, 2.75) is 18.9 Å². The third-order valence-corrected chi connectivity index (χ3v) is 5.59. The molecule has 0 aliphatic heterocycles. The van der Waals surface area contributed by atoms with Crippen LogP contribution in [0.1, 0.15) is 23.6 Å². The number of thiazole rings is 1. The Morgan fingerprint density at radius 1 is 0.964 bits per heavy atom. The number of hydrogen-bond donors (Lipinski definition) is 1. The second-order valence-electron chi connectivity index (χ2n) is 6.59. The van der Waals surface area contributed by atoms with Gasteiger partial charge in [0.05, 0.1) is 17.3 Å². The summed E-state index contributed by atoms with van der Waals surface area (Å²) in [5, 5.41) is 0.610. The summed E-state index contributed by atoms with van der Waals surface area (Å²) in [5.74, 6) is 1.36. The fourth-order valence-electron chi connectivity index (χ4n) is 3.13. The Morgan fingerprint density at radius 2 is 1.75 bits per heavy atom. The Bertz CT molecular complexity index is 1030. The van der Waals surface area contributed by atoms with Crippen molar-refractivity contribution in [3.8, 4) is 16.7 Å². The van der Waals surface area contributed by atoms with Gasteiger partial charge in [0.15, 0.2) is 11.5 Å². The smallest absolute Gasteiger partial charge is 0.279 e. The number of ether oxygens (including phenoxy) is 2. The van der Waals surface area contributed by atoms with Gasteiger partial charge in [-0.2, -0.15) is 0 Å². The molecule has 4 nitrogen and oxygen atoms in total. The molecular formula is C23H22N2O2S. The summed E-state index contributed by atoms with van der Waals surface area (Å²) in [5.41, 5.74) is 9.58. The largest absolute Gasteiger partial charge is 0.493 e. The standard InChI is InChI=1S/C23H22N2O2S/c1-26-21-15-16(11-13-18(24)17-7-3-2-4-8-17)12-14-20(21)27-23-25-19-9-5-6-10-22(19)28-23/h2-10,12,14-15,18H,11,13,24H2,1H3. The third kappa shape index (κ3) is 4.16. The van der Waals surface area contributed by atoms with Crippen molar-refractivity contribution >= 4 is 21.6 Å². The zero-order valence-corrected chi connectivity index (χ0v) is 16.5. The highest BCUT2D eigenvalue weighted by Crippen LogP contribution is 2.36. The van der Waals surface area contributed by atoms with Crippen LogP contribution in [0.2, 0.25) is 0 Å². The minimum atomic E-state index is 0.0193. The fraction of sp³-hybridized carbons (Fsp3) is 0.174. The number of nitrogens with zero attached hydrogens (tertiary/aromatic N) is 1. The average molecular weight is 391 g/mol. The number of aromatic nitrogens is 1. The molecule has 2 N–H and O–H groups in total. The third-order valence-electron chi connectivity index (χ3n) is 4.67. The summed E-state index contributed by atoms with van der Waals surface area (Å²) < 4.78 is 12.6. The highest BCUT2D eigenvalue weighted by Gasteiger charge is 2.12. The second kappa shape index (κ2) is 8.42. The molecule has 0 amide bonds. The highest BCUT2D eigenvalue weighted by molar-refractivity contribution is 7.20. The van der Waals surface area contributed by atoms with Crippen LogP contribution in [0, 0.1) is 0 Å². The molecule has 1 atom stereocenters. The Balaban J connectivity index is 1.46. The lowest BCUT2D eigenvalue weighted by atomic mass is 9.99. The van der Waals surface area contributed by atoms with Gasteiger partial charge in [-0.25, -0.2) is 4.98 Å². The minimum absolute atomic E-state index is 0.0193. The molecule has 142 valence electrons. The van der Waals surface area contributed by atoms with E-state index in [2.05, 4.69) is 23.2 Å². The van der Waals surface area contributed by atoms with Gasteiger partial charge in [-0.15, -0.1) is 0 Å². The highest BCUT2D eigenvalue weighted by atomic mass is 32.1. The molecule has 4 aromatic rings. The first-order valence-corrected chi connectivity index (χ1v) is 10.1. The van der Waals surface area contributed by atoms with E-state index in [1.807, 2.05) is 54.6 Å². The molecule has 0 aliphatic rings. The van der Waals surface area contributed by atoms with Gasteiger partial charge in [-0.1, -0.05) is 59.9 Å². The lowest BCUT2D eigenvalue weighted by molar-refractivity contribution is 0.378. The van der Waals surface area contributed by atoms with E-state index in [4.69, 9.17) is 15.2 Å². The molecule has 0 aliphatic carbocycles. The van der Waals surface area contributed by atoms with Crippen LogP contribution in [-0.4, -0.2) is 12.1 Å². The summed E-state index contributed by atoms with van der Waals surface area (Å²) in [4.78, 5) is 4.52. The Morgan fingerprint density at radius 3 is 2.54 bits per heavy atom. The number of nitrogens with two attached hydrogens (primary N) is 1. The molecule has 1 aromatic heterocycles. The van der Waals surface area contributed by atoms with Gasteiger partial charge in [0.2, 0.25) is 0 Å². The predicted octanol–water partition coefficient (Wildman–Crippen LogP) is 5.73. The van der Waals surface area contributed by atoms with Gasteiger partial charge in [0.25, 0.3) is 5.19 Å². The molecule has 0 bridgehead atoms. The van der Waals surface area contributed by atoms with E-state index in [0.717, 1.165) is 28.6 Å². The van der Waals surface area contributed by atoms with Gasteiger partial charge in [0.1, 0.15) is 0 Å². The van der Waals surface area contributed by atoms with E-state index in [1.54, 1.807) is 7.11 Å². The topological polar surface area (TPSA) is 57.4 Å². The summed E-state index contributed by atoms with van der Waals surface area (Å²) in [6, 6.07) is 24.2. The Kier molecular flexibility index (Phi) is 5.55. The Hall–Kier alpha value is -2.89. The van der Waals surface area contributed by atoms with Crippen molar-refractivity contribution in [1.82, 2.24) is 4.98 Å². The number of methoxy groups -OCH3 is 1. The maximum atomic E-state index is 6.32. The number of fused-ring (bicyclic) bond motifs is 1. The molecule has 4 rings (SSSR count). The van der Waals surface area contributed by atoms with Crippen LogP contribution in [-0.2, 0) is 6.42 Å². The van der Waals surface area contributed by atoms with Crippen LogP contribution in [0.25, 0.3) is 10.2 Å². The molecule has 1 heterocycles. The van der Waals surface area contributed by atoms with Gasteiger partial charge < -0.3 is 15.2 Å². The van der Waals surface area contributed by atoms with Crippen molar-refractivity contribution in [3.63, 3.8) is 0 Å². The zero-order chi connectivity index (χ0) is 19.3. The molecule has 0 radical (unpaired) electrons. The number of aryl methyl sites for hydroxylation is 1. The maximum Gasteiger partial charge on any atom is 0.279 e. The van der Waals surface area contributed by atoms with Crippen LogP contribution >= 0.6 is 11.3 Å². The lowest BCUT2D eigenvalue weighted by Gasteiger charge is -2.13. The molecule has 0 spiro atoms. The summed E-state index contributed by atoms with van der Waals surface area (Å²) in [6.45, 7) is 0. The van der Waals surface area contributed by atoms with Crippen LogP contribution in [0.4, 0.5) is 0 Å². The van der Waals surface area contributed by atoms with E-state index in [-0.39, 0.29) is 6.04 Å². The molecule has 5 heteroatoms. The van der Waals surface area contributed by atoms with Crippen molar-refractivity contribution in [3.05, 3.63) is 83.9 Å². The van der Waals surface area contributed by atoms with E-state index in [1.165, 1.54) is 16.9 Å². The van der Waals surface area contributed by atoms with Crippen LogP contribution in [0.15, 0.2) is 72.8 Å². The lowest BCUT2D eigenvalue weighted by Crippen LogP contribution is -2.11. The van der Waals surface area contributed by atoms with Gasteiger partial charge >= 0.3 is 0 Å². The maximum absolute atomic E-state index is 6.32. The van der Waals surface area contributed by atoms with Crippen LogP contribution in [0.5, 0.6) is 16.7 Å².